The van der Waals surface area contributed by atoms with Crippen molar-refractivity contribution in [1.29, 1.82) is 0 Å². The van der Waals surface area contributed by atoms with Crippen molar-refractivity contribution in [2.24, 2.45) is 5.92 Å². The molecule has 0 radical (unpaired) electrons. The molecule has 1 atom stereocenters. The number of halogens is 1. The van der Waals surface area contributed by atoms with E-state index >= 15 is 0 Å². The van der Waals surface area contributed by atoms with Crippen LogP contribution in [-0.2, 0) is 9.53 Å². The Balaban J connectivity index is 0.000000265. The Kier molecular flexibility index (Phi) is 8.42. The van der Waals surface area contributed by atoms with E-state index in [9.17, 15) is 4.79 Å². The minimum atomic E-state index is -0.318. The molecular formula is C11H22INO2. The number of ether oxygens (including phenoxy) is 1. The molecule has 0 aromatic rings. The average Bonchev–Trinajstić information content (AvgIpc) is 2.18. The number of alkyl halides is 1. The molecule has 0 aliphatic carbocycles. The third-order valence-electron chi connectivity index (χ3n) is 2.02. The average molecular weight is 327 g/mol. The van der Waals surface area contributed by atoms with Crippen LogP contribution in [0.1, 0.15) is 33.6 Å². The van der Waals surface area contributed by atoms with Gasteiger partial charge in [0.1, 0.15) is 5.60 Å². The van der Waals surface area contributed by atoms with Gasteiger partial charge in [-0.1, -0.05) is 22.6 Å². The highest BCUT2D eigenvalue weighted by Crippen LogP contribution is 2.11. The topological polar surface area (TPSA) is 38.3 Å². The Morgan fingerprint density at radius 1 is 1.53 bits per heavy atom. The molecule has 0 spiro atoms. The quantitative estimate of drug-likeness (QED) is 0.481. The van der Waals surface area contributed by atoms with E-state index in [0.717, 1.165) is 5.92 Å². The minimum absolute atomic E-state index is 0.318. The van der Waals surface area contributed by atoms with Gasteiger partial charge >= 0.3 is 0 Å². The highest BCUT2D eigenvalue weighted by atomic mass is 127. The molecular weight excluding hydrogens is 305 g/mol. The molecule has 4 heteroatoms. The summed E-state index contributed by atoms with van der Waals surface area (Å²) in [6.45, 7) is 8.42. The Labute approximate surface area is 106 Å². The van der Waals surface area contributed by atoms with Crippen molar-refractivity contribution in [3.8, 4) is 0 Å². The zero-order chi connectivity index (χ0) is 11.7. The summed E-state index contributed by atoms with van der Waals surface area (Å²) in [5, 5.41) is 3.38. The molecule has 15 heavy (non-hydrogen) atoms. The van der Waals surface area contributed by atoms with Gasteiger partial charge in [-0.15, -0.1) is 0 Å². The first-order chi connectivity index (χ1) is 6.99. The molecule has 1 fully saturated rings. The predicted octanol–water partition coefficient (Wildman–Crippen LogP) is 2.38. The summed E-state index contributed by atoms with van der Waals surface area (Å²) >= 11 is 2.47. The van der Waals surface area contributed by atoms with E-state index in [2.05, 4.69) is 32.6 Å². The molecule has 1 N–H and O–H groups in total. The minimum Gasteiger partial charge on any atom is -0.462 e. The van der Waals surface area contributed by atoms with Gasteiger partial charge in [-0.05, 0) is 52.6 Å². The maximum Gasteiger partial charge on any atom is 0.293 e. The first kappa shape index (κ1) is 15.2. The Hall–Kier alpha value is 0.160. The largest absolute Gasteiger partial charge is 0.462 e. The summed E-state index contributed by atoms with van der Waals surface area (Å²) in [6.07, 6.45) is 2.82. The SMILES string of the molecule is CC(C)(C)OC=O.ICC1CCCNC1. The summed E-state index contributed by atoms with van der Waals surface area (Å²) in [6, 6.07) is 0. The first-order valence-corrected chi connectivity index (χ1v) is 6.90. The Morgan fingerprint density at radius 3 is 2.40 bits per heavy atom. The van der Waals surface area contributed by atoms with Crippen LogP contribution in [0.2, 0.25) is 0 Å². The van der Waals surface area contributed by atoms with Gasteiger partial charge in [0.05, 0.1) is 0 Å². The van der Waals surface area contributed by atoms with Crippen molar-refractivity contribution in [3.63, 3.8) is 0 Å². The molecule has 0 bridgehead atoms. The zero-order valence-electron chi connectivity index (χ0n) is 9.88. The van der Waals surface area contributed by atoms with E-state index in [1.807, 2.05) is 20.8 Å². The zero-order valence-corrected chi connectivity index (χ0v) is 12.0. The van der Waals surface area contributed by atoms with Gasteiger partial charge in [0.2, 0.25) is 0 Å². The highest BCUT2D eigenvalue weighted by molar-refractivity contribution is 14.1. The van der Waals surface area contributed by atoms with Crippen LogP contribution in [0, 0.1) is 5.92 Å². The molecule has 0 aromatic heterocycles. The maximum absolute atomic E-state index is 9.60. The van der Waals surface area contributed by atoms with Gasteiger partial charge in [0, 0.05) is 4.43 Å². The van der Waals surface area contributed by atoms with Crippen LogP contribution >= 0.6 is 22.6 Å². The summed E-state index contributed by atoms with van der Waals surface area (Å²) in [7, 11) is 0. The lowest BCUT2D eigenvalue weighted by Crippen LogP contribution is -2.30. The molecule has 3 nitrogen and oxygen atoms in total. The summed E-state index contributed by atoms with van der Waals surface area (Å²) in [5.41, 5.74) is -0.318. The van der Waals surface area contributed by atoms with Crippen LogP contribution in [0.5, 0.6) is 0 Å². The predicted molar refractivity (Wildman–Crippen MR) is 71.4 cm³/mol. The number of nitrogens with one attached hydrogen (secondary N) is 1. The smallest absolute Gasteiger partial charge is 0.293 e. The molecule has 1 rings (SSSR count). The van der Waals surface area contributed by atoms with Gasteiger partial charge in [-0.3, -0.25) is 4.79 Å². The molecule has 1 heterocycles. The molecule has 0 aromatic carbocycles. The molecule has 1 aliphatic heterocycles. The van der Waals surface area contributed by atoms with Crippen LogP contribution in [0.25, 0.3) is 0 Å². The van der Waals surface area contributed by atoms with E-state index in [0.29, 0.717) is 6.47 Å². The number of piperidine rings is 1. The van der Waals surface area contributed by atoms with Gasteiger partial charge in [0.15, 0.2) is 0 Å². The fourth-order valence-electron chi connectivity index (χ4n) is 1.20. The van der Waals surface area contributed by atoms with E-state index in [1.165, 1.54) is 30.4 Å². The molecule has 0 amide bonds. The summed E-state index contributed by atoms with van der Waals surface area (Å²) < 4.78 is 5.87. The third kappa shape index (κ3) is 10.4. The van der Waals surface area contributed by atoms with Crippen molar-refractivity contribution in [1.82, 2.24) is 5.32 Å². The van der Waals surface area contributed by atoms with Crippen molar-refractivity contribution >= 4 is 29.1 Å². The van der Waals surface area contributed by atoms with Gasteiger partial charge in [0.25, 0.3) is 6.47 Å². The fourth-order valence-corrected chi connectivity index (χ4v) is 1.95. The number of hydrogen-bond acceptors (Lipinski definition) is 3. The van der Waals surface area contributed by atoms with Crippen molar-refractivity contribution in [2.45, 2.75) is 39.2 Å². The monoisotopic (exact) mass is 327 g/mol. The van der Waals surface area contributed by atoms with E-state index in [-0.39, 0.29) is 5.60 Å². The second-order valence-corrected chi connectivity index (χ2v) is 5.57. The summed E-state index contributed by atoms with van der Waals surface area (Å²) in [5.74, 6) is 0.962. The highest BCUT2D eigenvalue weighted by Gasteiger charge is 2.09. The van der Waals surface area contributed by atoms with Crippen LogP contribution in [0.4, 0.5) is 0 Å². The molecule has 0 saturated carbocycles. The second-order valence-electron chi connectivity index (χ2n) is 4.69. The first-order valence-electron chi connectivity index (χ1n) is 5.37. The van der Waals surface area contributed by atoms with Gasteiger partial charge < -0.3 is 10.1 Å². The number of carbonyl (C=O) groups is 1. The Bertz CT molecular complexity index is 162. The van der Waals surface area contributed by atoms with E-state index in [1.54, 1.807) is 0 Å². The molecule has 1 aliphatic rings. The lowest BCUT2D eigenvalue weighted by Gasteiger charge is -2.19. The van der Waals surface area contributed by atoms with Gasteiger partial charge in [-0.25, -0.2) is 0 Å². The summed E-state index contributed by atoms with van der Waals surface area (Å²) in [4.78, 5) is 9.60. The number of carbonyl (C=O) groups excluding carboxylic acids is 1. The maximum atomic E-state index is 9.60. The molecule has 1 unspecified atom stereocenters. The number of rotatable bonds is 2. The standard InChI is InChI=1S/C6H12IN.C5H10O2/c7-4-6-2-1-3-8-5-6;1-5(2,3)7-4-6/h6,8H,1-5H2;4H,1-3H3. The molecule has 1 saturated heterocycles. The fraction of sp³-hybridized carbons (Fsp3) is 0.909. The second kappa shape index (κ2) is 8.33. The van der Waals surface area contributed by atoms with Crippen molar-refractivity contribution in [3.05, 3.63) is 0 Å². The Morgan fingerprint density at radius 2 is 2.20 bits per heavy atom. The van der Waals surface area contributed by atoms with E-state index < -0.39 is 0 Å². The lowest BCUT2D eigenvalue weighted by molar-refractivity contribution is -0.138. The lowest BCUT2D eigenvalue weighted by atomic mass is 10.0. The van der Waals surface area contributed by atoms with Crippen LogP contribution in [0.15, 0.2) is 0 Å². The van der Waals surface area contributed by atoms with Crippen molar-refractivity contribution < 1.29 is 9.53 Å². The van der Waals surface area contributed by atoms with Crippen molar-refractivity contribution in [2.75, 3.05) is 17.5 Å². The third-order valence-corrected chi connectivity index (χ3v) is 3.26. The molecule has 90 valence electrons. The normalized spacial score (nSPS) is 21.2. The van der Waals surface area contributed by atoms with Crippen LogP contribution in [-0.4, -0.2) is 29.6 Å². The van der Waals surface area contributed by atoms with Crippen LogP contribution < -0.4 is 5.32 Å². The number of hydrogen-bond donors (Lipinski definition) is 1. The van der Waals surface area contributed by atoms with E-state index in [4.69, 9.17) is 0 Å². The van der Waals surface area contributed by atoms with Crippen LogP contribution in [0.3, 0.4) is 0 Å². The van der Waals surface area contributed by atoms with Gasteiger partial charge in [-0.2, -0.15) is 0 Å².